The lowest BCUT2D eigenvalue weighted by Gasteiger charge is -2.21. The second-order valence-corrected chi connectivity index (χ2v) is 4.25. The molecule has 4 nitrogen and oxygen atoms in total. The monoisotopic (exact) mass is 269 g/mol. The summed E-state index contributed by atoms with van der Waals surface area (Å²) in [5.41, 5.74) is 0.765. The summed E-state index contributed by atoms with van der Waals surface area (Å²) in [6.45, 7) is 1.37. The van der Waals surface area contributed by atoms with Crippen molar-refractivity contribution in [1.29, 1.82) is 0 Å². The molecule has 0 heterocycles. The van der Waals surface area contributed by atoms with Crippen LogP contribution in [0.5, 0.6) is 0 Å². The van der Waals surface area contributed by atoms with Crippen LogP contribution >= 0.6 is 0 Å². The molecule has 1 aromatic carbocycles. The van der Waals surface area contributed by atoms with Crippen molar-refractivity contribution >= 4 is 5.91 Å². The first-order valence-corrected chi connectivity index (χ1v) is 6.29. The zero-order valence-corrected chi connectivity index (χ0v) is 11.1. The number of methoxy groups -OCH3 is 1. The number of halogens is 1. The van der Waals surface area contributed by atoms with Crippen molar-refractivity contribution < 1.29 is 19.0 Å². The summed E-state index contributed by atoms with van der Waals surface area (Å²) >= 11 is 0. The minimum Gasteiger partial charge on any atom is -0.395 e. The van der Waals surface area contributed by atoms with Gasteiger partial charge in [-0.15, -0.1) is 0 Å². The van der Waals surface area contributed by atoms with Gasteiger partial charge in [0, 0.05) is 26.8 Å². The van der Waals surface area contributed by atoms with Crippen LogP contribution in [-0.4, -0.2) is 49.3 Å². The number of aliphatic hydroxyl groups excluding tert-OH is 1. The molecule has 1 amide bonds. The molecule has 1 rings (SSSR count). The van der Waals surface area contributed by atoms with Crippen molar-refractivity contribution in [3.05, 3.63) is 35.6 Å². The fourth-order valence-corrected chi connectivity index (χ4v) is 1.77. The van der Waals surface area contributed by atoms with Gasteiger partial charge in [-0.25, -0.2) is 4.39 Å². The second-order valence-electron chi connectivity index (χ2n) is 4.25. The van der Waals surface area contributed by atoms with Gasteiger partial charge in [-0.1, -0.05) is 12.1 Å². The maximum absolute atomic E-state index is 12.8. The molecule has 0 fully saturated rings. The number of aliphatic hydroxyl groups is 1. The number of benzene rings is 1. The van der Waals surface area contributed by atoms with Gasteiger partial charge in [-0.2, -0.15) is 0 Å². The van der Waals surface area contributed by atoms with Gasteiger partial charge in [0.2, 0.25) is 5.91 Å². The van der Waals surface area contributed by atoms with E-state index in [4.69, 9.17) is 9.84 Å². The van der Waals surface area contributed by atoms with Gasteiger partial charge in [0.25, 0.3) is 0 Å². The van der Waals surface area contributed by atoms with E-state index in [1.807, 2.05) is 0 Å². The van der Waals surface area contributed by atoms with Crippen molar-refractivity contribution in [1.82, 2.24) is 4.90 Å². The predicted octanol–water partition coefficient (Wildman–Crippen LogP) is 1.23. The molecular formula is C14H20FNO3. The Hall–Kier alpha value is -1.46. The fraction of sp³-hybridized carbons (Fsp3) is 0.500. The van der Waals surface area contributed by atoms with Crippen LogP contribution in [0.2, 0.25) is 0 Å². The third-order valence-electron chi connectivity index (χ3n) is 2.77. The molecule has 1 N–H and O–H groups in total. The first kappa shape index (κ1) is 15.6. The van der Waals surface area contributed by atoms with E-state index in [1.54, 1.807) is 24.1 Å². The lowest BCUT2D eigenvalue weighted by Crippen LogP contribution is -2.36. The molecule has 106 valence electrons. The summed E-state index contributed by atoms with van der Waals surface area (Å²) < 4.78 is 17.7. The van der Waals surface area contributed by atoms with Gasteiger partial charge in [0.15, 0.2) is 0 Å². The molecule has 0 aliphatic heterocycles. The molecule has 1 aromatic rings. The zero-order valence-electron chi connectivity index (χ0n) is 11.1. The summed E-state index contributed by atoms with van der Waals surface area (Å²) in [7, 11) is 1.61. The van der Waals surface area contributed by atoms with Gasteiger partial charge in [-0.3, -0.25) is 4.79 Å². The van der Waals surface area contributed by atoms with Crippen molar-refractivity contribution in [2.75, 3.05) is 33.4 Å². The number of carbonyl (C=O) groups is 1. The predicted molar refractivity (Wildman–Crippen MR) is 70.3 cm³/mol. The van der Waals surface area contributed by atoms with Crippen molar-refractivity contribution in [3.8, 4) is 0 Å². The Kier molecular flexibility index (Phi) is 7.07. The number of amides is 1. The summed E-state index contributed by atoms with van der Waals surface area (Å²) in [6.07, 6.45) is 0.943. The van der Waals surface area contributed by atoms with E-state index in [2.05, 4.69) is 0 Å². The molecule has 0 bridgehead atoms. The Bertz CT molecular complexity index is 381. The van der Waals surface area contributed by atoms with Crippen molar-refractivity contribution in [2.24, 2.45) is 0 Å². The van der Waals surface area contributed by atoms with Crippen LogP contribution in [0.3, 0.4) is 0 Å². The molecular weight excluding hydrogens is 249 g/mol. The second kappa shape index (κ2) is 8.61. The normalized spacial score (nSPS) is 10.5. The number of hydrogen-bond acceptors (Lipinski definition) is 3. The highest BCUT2D eigenvalue weighted by Crippen LogP contribution is 2.06. The van der Waals surface area contributed by atoms with Crippen LogP contribution < -0.4 is 0 Å². The minimum atomic E-state index is -0.316. The lowest BCUT2D eigenvalue weighted by molar-refractivity contribution is -0.131. The average Bonchev–Trinajstić information content (AvgIpc) is 2.40. The van der Waals surface area contributed by atoms with E-state index in [0.29, 0.717) is 19.7 Å². The van der Waals surface area contributed by atoms with E-state index < -0.39 is 0 Å². The molecule has 0 unspecified atom stereocenters. The Balaban J connectivity index is 2.53. The first-order valence-electron chi connectivity index (χ1n) is 6.29. The largest absolute Gasteiger partial charge is 0.395 e. The molecule has 0 aliphatic rings. The molecule has 19 heavy (non-hydrogen) atoms. The van der Waals surface area contributed by atoms with Crippen molar-refractivity contribution in [3.63, 3.8) is 0 Å². The highest BCUT2D eigenvalue weighted by atomic mass is 19.1. The van der Waals surface area contributed by atoms with Crippen LogP contribution in [0, 0.1) is 5.82 Å². The SMILES string of the molecule is COCCCN(CCO)C(=O)Cc1ccc(F)cc1. The molecule has 0 aliphatic carbocycles. The Morgan fingerprint density at radius 2 is 2.00 bits per heavy atom. The Labute approximate surface area is 112 Å². The van der Waals surface area contributed by atoms with Crippen LogP contribution in [0.15, 0.2) is 24.3 Å². The maximum atomic E-state index is 12.8. The topological polar surface area (TPSA) is 49.8 Å². The zero-order chi connectivity index (χ0) is 14.1. The van der Waals surface area contributed by atoms with E-state index in [-0.39, 0.29) is 24.8 Å². The van der Waals surface area contributed by atoms with Gasteiger partial charge < -0.3 is 14.7 Å². The molecule has 0 spiro atoms. The quantitative estimate of drug-likeness (QED) is 0.722. The Morgan fingerprint density at radius 3 is 2.58 bits per heavy atom. The van der Waals surface area contributed by atoms with Gasteiger partial charge >= 0.3 is 0 Å². The number of rotatable bonds is 8. The minimum absolute atomic E-state index is 0.0673. The lowest BCUT2D eigenvalue weighted by atomic mass is 10.1. The van der Waals surface area contributed by atoms with Gasteiger partial charge in [-0.05, 0) is 24.1 Å². The summed E-state index contributed by atoms with van der Waals surface area (Å²) in [5.74, 6) is -0.389. The third kappa shape index (κ3) is 5.81. The highest BCUT2D eigenvalue weighted by molar-refractivity contribution is 5.78. The van der Waals surface area contributed by atoms with Gasteiger partial charge in [0.1, 0.15) is 5.82 Å². The summed E-state index contributed by atoms with van der Waals surface area (Å²) in [6, 6.07) is 5.87. The molecule has 0 aromatic heterocycles. The smallest absolute Gasteiger partial charge is 0.227 e. The average molecular weight is 269 g/mol. The molecule has 0 saturated carbocycles. The number of hydrogen-bond donors (Lipinski definition) is 1. The number of carbonyl (C=O) groups excluding carboxylic acids is 1. The molecule has 5 heteroatoms. The van der Waals surface area contributed by atoms with Gasteiger partial charge in [0.05, 0.1) is 13.0 Å². The first-order chi connectivity index (χ1) is 9.17. The van der Waals surface area contributed by atoms with Crippen LogP contribution in [0.4, 0.5) is 4.39 Å². The van der Waals surface area contributed by atoms with Crippen LogP contribution in [0.25, 0.3) is 0 Å². The van der Waals surface area contributed by atoms with E-state index >= 15 is 0 Å². The maximum Gasteiger partial charge on any atom is 0.227 e. The highest BCUT2D eigenvalue weighted by Gasteiger charge is 2.13. The molecule has 0 atom stereocenters. The summed E-state index contributed by atoms with van der Waals surface area (Å²) in [4.78, 5) is 13.7. The van der Waals surface area contributed by atoms with Crippen LogP contribution in [-0.2, 0) is 16.0 Å². The summed E-state index contributed by atoms with van der Waals surface area (Å²) in [5, 5.41) is 8.97. The van der Waals surface area contributed by atoms with E-state index in [1.165, 1.54) is 12.1 Å². The number of nitrogens with zero attached hydrogens (tertiary/aromatic N) is 1. The Morgan fingerprint density at radius 1 is 1.32 bits per heavy atom. The number of ether oxygens (including phenoxy) is 1. The van der Waals surface area contributed by atoms with Crippen molar-refractivity contribution in [2.45, 2.75) is 12.8 Å². The molecule has 0 radical (unpaired) electrons. The standard InChI is InChI=1S/C14H20FNO3/c1-19-10-2-7-16(8-9-17)14(18)11-12-3-5-13(15)6-4-12/h3-6,17H,2,7-11H2,1H3. The fourth-order valence-electron chi connectivity index (χ4n) is 1.77. The molecule has 0 saturated heterocycles. The van der Waals surface area contributed by atoms with E-state index in [0.717, 1.165) is 12.0 Å². The third-order valence-corrected chi connectivity index (χ3v) is 2.77. The van der Waals surface area contributed by atoms with Crippen LogP contribution in [0.1, 0.15) is 12.0 Å². The van der Waals surface area contributed by atoms with E-state index in [9.17, 15) is 9.18 Å².